The smallest absolute Gasteiger partial charge is 0.160 e. The predicted molar refractivity (Wildman–Crippen MR) is 97.8 cm³/mol. The Morgan fingerprint density at radius 1 is 1.12 bits per heavy atom. The molecule has 3 aliphatic rings. The zero-order chi connectivity index (χ0) is 18.1. The summed E-state index contributed by atoms with van der Waals surface area (Å²) in [6.45, 7) is 6.50. The van der Waals surface area contributed by atoms with Gasteiger partial charge < -0.3 is 0 Å². The number of carbonyl (C=O) groups is 1. The Kier molecular flexibility index (Phi) is 3.13. The minimum atomic E-state index is -0.608. The lowest BCUT2D eigenvalue weighted by atomic mass is 9.60. The first kappa shape index (κ1) is 15.9. The molecule has 0 amide bonds. The summed E-state index contributed by atoms with van der Waals surface area (Å²) in [4.78, 5) is 22.5. The van der Waals surface area contributed by atoms with Crippen molar-refractivity contribution in [3.8, 4) is 0 Å². The van der Waals surface area contributed by atoms with Crippen molar-refractivity contribution in [3.63, 3.8) is 0 Å². The van der Waals surface area contributed by atoms with Gasteiger partial charge in [0.05, 0.1) is 11.1 Å². The normalized spacial score (nSPS) is 27.3. The lowest BCUT2D eigenvalue weighted by Gasteiger charge is -2.42. The Hall–Kier alpha value is -2.30. The van der Waals surface area contributed by atoms with Gasteiger partial charge in [-0.25, -0.2) is 9.97 Å². The zero-order valence-corrected chi connectivity index (χ0v) is 15.6. The molecule has 0 aromatic carbocycles. The molecular formula is C21H24N4O. The number of rotatable bonds is 2. The van der Waals surface area contributed by atoms with Gasteiger partial charge in [0.25, 0.3) is 0 Å². The molecule has 1 unspecified atom stereocenters. The van der Waals surface area contributed by atoms with Gasteiger partial charge in [-0.3, -0.25) is 9.89 Å². The molecule has 3 aliphatic carbocycles. The molecule has 2 heterocycles. The molecule has 0 aliphatic heterocycles. The highest BCUT2D eigenvalue weighted by molar-refractivity contribution is 6.01. The van der Waals surface area contributed by atoms with E-state index in [0.29, 0.717) is 18.2 Å². The average molecular weight is 348 g/mol. The van der Waals surface area contributed by atoms with Crippen LogP contribution in [0.3, 0.4) is 0 Å². The monoisotopic (exact) mass is 348 g/mol. The third-order valence-corrected chi connectivity index (χ3v) is 6.20. The second kappa shape index (κ2) is 5.12. The highest BCUT2D eigenvalue weighted by Gasteiger charge is 2.51. The number of aromatic amines is 1. The van der Waals surface area contributed by atoms with Gasteiger partial charge in [0, 0.05) is 48.0 Å². The number of ketones is 1. The van der Waals surface area contributed by atoms with E-state index >= 15 is 0 Å². The molecule has 0 bridgehead atoms. The highest BCUT2D eigenvalue weighted by atomic mass is 16.1. The van der Waals surface area contributed by atoms with E-state index in [4.69, 9.17) is 0 Å². The van der Waals surface area contributed by atoms with Crippen molar-refractivity contribution in [1.29, 1.82) is 0 Å². The van der Waals surface area contributed by atoms with Crippen molar-refractivity contribution in [2.45, 2.75) is 64.2 Å². The Balaban J connectivity index is 1.79. The van der Waals surface area contributed by atoms with E-state index < -0.39 is 5.41 Å². The van der Waals surface area contributed by atoms with E-state index in [2.05, 4.69) is 40.9 Å². The molecule has 5 heteroatoms. The van der Waals surface area contributed by atoms with Gasteiger partial charge in [0.1, 0.15) is 5.82 Å². The minimum absolute atomic E-state index is 0.00518. The van der Waals surface area contributed by atoms with Crippen molar-refractivity contribution < 1.29 is 4.79 Å². The number of fused-ring (bicyclic) bond motifs is 1. The maximum atomic E-state index is 13.3. The second-order valence-electron chi connectivity index (χ2n) is 9.03. The quantitative estimate of drug-likeness (QED) is 0.900. The fourth-order valence-electron chi connectivity index (χ4n) is 5.08. The molecule has 0 spiro atoms. The van der Waals surface area contributed by atoms with Crippen LogP contribution in [0.1, 0.15) is 75.1 Å². The number of hydrogen-bond donors (Lipinski definition) is 1. The van der Waals surface area contributed by atoms with Gasteiger partial charge in [0.2, 0.25) is 0 Å². The van der Waals surface area contributed by atoms with Gasteiger partial charge in [-0.05, 0) is 37.7 Å². The van der Waals surface area contributed by atoms with Gasteiger partial charge in [-0.2, -0.15) is 5.10 Å². The summed E-state index contributed by atoms with van der Waals surface area (Å²) in [6, 6.07) is 1.83. The molecule has 2 aromatic rings. The number of hydrogen-bond acceptors (Lipinski definition) is 4. The molecule has 2 aromatic heterocycles. The molecule has 5 rings (SSSR count). The molecular weight excluding hydrogens is 324 g/mol. The SMILES string of the molecule is CC1(C)CC(=O)C2=C(Cc3[nH]nc(C4CC4)c3C2(C)c2ncccn2)C1. The van der Waals surface area contributed by atoms with Gasteiger partial charge in [-0.1, -0.05) is 19.4 Å². The summed E-state index contributed by atoms with van der Waals surface area (Å²) in [5.74, 6) is 1.47. The van der Waals surface area contributed by atoms with Crippen LogP contribution in [0, 0.1) is 5.41 Å². The summed E-state index contributed by atoms with van der Waals surface area (Å²) in [5.41, 5.74) is 5.00. The largest absolute Gasteiger partial charge is 0.294 e. The third-order valence-electron chi connectivity index (χ3n) is 6.20. The van der Waals surface area contributed by atoms with Crippen LogP contribution < -0.4 is 0 Å². The van der Waals surface area contributed by atoms with Crippen LogP contribution in [0.2, 0.25) is 0 Å². The number of nitrogens with zero attached hydrogens (tertiary/aromatic N) is 3. The van der Waals surface area contributed by atoms with Gasteiger partial charge >= 0.3 is 0 Å². The average Bonchev–Trinajstić information content (AvgIpc) is 3.34. The van der Waals surface area contributed by atoms with Crippen molar-refractivity contribution >= 4 is 5.78 Å². The molecule has 134 valence electrons. The van der Waals surface area contributed by atoms with Crippen LogP contribution in [0.15, 0.2) is 29.6 Å². The number of allylic oxidation sites excluding steroid dienone is 2. The predicted octanol–water partition coefficient (Wildman–Crippen LogP) is 3.62. The van der Waals surface area contributed by atoms with Crippen molar-refractivity contribution in [3.05, 3.63) is 52.4 Å². The Labute approximate surface area is 153 Å². The number of H-pyrrole nitrogens is 1. The molecule has 1 N–H and O–H groups in total. The van der Waals surface area contributed by atoms with Crippen LogP contribution in [0.5, 0.6) is 0 Å². The van der Waals surface area contributed by atoms with Crippen LogP contribution in [0.4, 0.5) is 0 Å². The van der Waals surface area contributed by atoms with Crippen LogP contribution >= 0.6 is 0 Å². The van der Waals surface area contributed by atoms with E-state index in [1.165, 1.54) is 18.4 Å². The molecule has 1 saturated carbocycles. The molecule has 1 fully saturated rings. The molecule has 26 heavy (non-hydrogen) atoms. The maximum Gasteiger partial charge on any atom is 0.160 e. The van der Waals surface area contributed by atoms with Crippen LogP contribution in [-0.4, -0.2) is 25.9 Å². The number of aromatic nitrogens is 4. The first-order valence-electron chi connectivity index (χ1n) is 9.51. The Bertz CT molecular complexity index is 936. The topological polar surface area (TPSA) is 71.5 Å². The standard InChI is InChI=1S/C21H24N4O/c1-20(2)10-13-9-14-17(18(25-24-14)12-5-6-12)21(3,16(13)15(26)11-20)19-22-7-4-8-23-19/h4,7-8,12H,5-6,9-11H2,1-3H3,(H,24,25). The lowest BCUT2D eigenvalue weighted by molar-refractivity contribution is -0.118. The van der Waals surface area contributed by atoms with Gasteiger partial charge in [-0.15, -0.1) is 0 Å². The van der Waals surface area contributed by atoms with E-state index in [1.807, 2.05) is 6.07 Å². The highest BCUT2D eigenvalue weighted by Crippen LogP contribution is 2.54. The lowest BCUT2D eigenvalue weighted by Crippen LogP contribution is -2.42. The maximum absolute atomic E-state index is 13.3. The number of Topliss-reactive ketones (excluding diaryl/α,β-unsaturated/α-hetero) is 1. The van der Waals surface area contributed by atoms with Gasteiger partial charge in [0.15, 0.2) is 5.78 Å². The summed E-state index contributed by atoms with van der Waals surface area (Å²) in [5, 5.41) is 7.98. The van der Waals surface area contributed by atoms with Crippen molar-refractivity contribution in [2.75, 3.05) is 0 Å². The van der Waals surface area contributed by atoms with Crippen molar-refractivity contribution in [1.82, 2.24) is 20.2 Å². The first-order chi connectivity index (χ1) is 12.4. The van der Waals surface area contributed by atoms with Crippen molar-refractivity contribution in [2.24, 2.45) is 5.41 Å². The molecule has 1 atom stereocenters. The Morgan fingerprint density at radius 3 is 2.54 bits per heavy atom. The minimum Gasteiger partial charge on any atom is -0.294 e. The summed E-state index contributed by atoms with van der Waals surface area (Å²) >= 11 is 0. The number of nitrogens with one attached hydrogen (secondary N) is 1. The molecule has 0 saturated heterocycles. The third kappa shape index (κ3) is 2.15. The fourth-order valence-corrected chi connectivity index (χ4v) is 5.08. The Morgan fingerprint density at radius 2 is 1.85 bits per heavy atom. The molecule has 0 radical (unpaired) electrons. The van der Waals surface area contributed by atoms with E-state index in [0.717, 1.165) is 35.4 Å². The zero-order valence-electron chi connectivity index (χ0n) is 15.6. The molecule has 5 nitrogen and oxygen atoms in total. The fraction of sp³-hybridized carbons (Fsp3) is 0.524. The van der Waals surface area contributed by atoms with Crippen LogP contribution in [-0.2, 0) is 16.6 Å². The summed E-state index contributed by atoms with van der Waals surface area (Å²) < 4.78 is 0. The summed E-state index contributed by atoms with van der Waals surface area (Å²) in [6.07, 6.45) is 8.22. The second-order valence-corrected chi connectivity index (χ2v) is 9.03. The van der Waals surface area contributed by atoms with E-state index in [1.54, 1.807) is 12.4 Å². The van der Waals surface area contributed by atoms with Crippen LogP contribution in [0.25, 0.3) is 0 Å². The van der Waals surface area contributed by atoms with E-state index in [9.17, 15) is 4.79 Å². The summed E-state index contributed by atoms with van der Waals surface area (Å²) in [7, 11) is 0. The first-order valence-corrected chi connectivity index (χ1v) is 9.51. The van der Waals surface area contributed by atoms with E-state index in [-0.39, 0.29) is 11.2 Å². The number of carbonyl (C=O) groups excluding carboxylic acids is 1.